The van der Waals surface area contributed by atoms with Crippen LogP contribution in [-0.4, -0.2) is 27.1 Å². The van der Waals surface area contributed by atoms with Crippen molar-refractivity contribution in [1.82, 2.24) is 10.3 Å². The molecule has 6 nitrogen and oxygen atoms in total. The van der Waals surface area contributed by atoms with Crippen molar-refractivity contribution in [2.24, 2.45) is 0 Å². The lowest BCUT2D eigenvalue weighted by atomic mass is 10.0. The van der Waals surface area contributed by atoms with Crippen molar-refractivity contribution in [3.8, 4) is 11.3 Å². The smallest absolute Gasteiger partial charge is 0.335 e. The van der Waals surface area contributed by atoms with Crippen LogP contribution in [0.2, 0.25) is 5.02 Å². The number of nitrogens with zero attached hydrogens (tertiary/aromatic N) is 1. The number of aromatic nitrogens is 1. The Morgan fingerprint density at radius 1 is 0.938 bits per heavy atom. The first kappa shape index (κ1) is 21.4. The highest BCUT2D eigenvalue weighted by Crippen LogP contribution is 2.26. The first-order chi connectivity index (χ1) is 15.4. The van der Waals surface area contributed by atoms with E-state index in [1.54, 1.807) is 30.3 Å². The molecule has 1 amide bonds. The summed E-state index contributed by atoms with van der Waals surface area (Å²) in [5, 5.41) is 16.0. The number of carboxylic acids is 1. The van der Waals surface area contributed by atoms with Crippen molar-refractivity contribution in [3.05, 3.63) is 95.0 Å². The second kappa shape index (κ2) is 9.13. The largest absolute Gasteiger partial charge is 0.478 e. The standard InChI is InChI=1S/C24H16ClN3O3S/c25-16-10-8-14(9-11-16)21-13-19(18-6-1-2-7-20(18)27-21)22(29)28-24(32)26-17-5-3-4-15(12-17)23(30)31/h1-13H,(H,30,31)(H2,26,28,29,32). The maximum atomic E-state index is 13.1. The van der Waals surface area contributed by atoms with Crippen LogP contribution in [0.1, 0.15) is 20.7 Å². The Labute approximate surface area is 193 Å². The number of carbonyl (C=O) groups is 2. The number of benzene rings is 3. The van der Waals surface area contributed by atoms with Gasteiger partial charge in [0.05, 0.1) is 22.3 Å². The number of hydrogen-bond donors (Lipinski definition) is 3. The van der Waals surface area contributed by atoms with Gasteiger partial charge in [-0.05, 0) is 54.7 Å². The van der Waals surface area contributed by atoms with E-state index in [1.807, 2.05) is 36.4 Å². The average Bonchev–Trinajstić information content (AvgIpc) is 2.78. The number of anilines is 1. The summed E-state index contributed by atoms with van der Waals surface area (Å²) in [6.07, 6.45) is 0. The third kappa shape index (κ3) is 4.74. The number of halogens is 1. The zero-order valence-electron chi connectivity index (χ0n) is 16.5. The zero-order chi connectivity index (χ0) is 22.7. The van der Waals surface area contributed by atoms with Crippen LogP contribution in [0.25, 0.3) is 22.2 Å². The van der Waals surface area contributed by atoms with Gasteiger partial charge in [-0.1, -0.05) is 48.0 Å². The lowest BCUT2D eigenvalue weighted by Gasteiger charge is -2.13. The Balaban J connectivity index is 1.62. The second-order valence-electron chi connectivity index (χ2n) is 6.87. The van der Waals surface area contributed by atoms with Gasteiger partial charge in [-0.3, -0.25) is 10.1 Å². The predicted molar refractivity (Wildman–Crippen MR) is 129 cm³/mol. The van der Waals surface area contributed by atoms with Gasteiger partial charge in [0.25, 0.3) is 5.91 Å². The van der Waals surface area contributed by atoms with E-state index < -0.39 is 11.9 Å². The lowest BCUT2D eigenvalue weighted by molar-refractivity contribution is 0.0696. The van der Waals surface area contributed by atoms with Crippen molar-refractivity contribution >= 4 is 57.4 Å². The van der Waals surface area contributed by atoms with Crippen LogP contribution >= 0.6 is 23.8 Å². The van der Waals surface area contributed by atoms with Crippen LogP contribution in [-0.2, 0) is 0 Å². The number of fused-ring (bicyclic) bond motifs is 1. The SMILES string of the molecule is O=C(O)c1cccc(NC(=S)NC(=O)c2cc(-c3ccc(Cl)cc3)nc3ccccc23)c1. The zero-order valence-corrected chi connectivity index (χ0v) is 18.1. The molecule has 0 saturated carbocycles. The molecule has 0 saturated heterocycles. The average molecular weight is 462 g/mol. The highest BCUT2D eigenvalue weighted by molar-refractivity contribution is 7.80. The number of carbonyl (C=O) groups excluding carboxylic acids is 1. The van der Waals surface area contributed by atoms with E-state index in [1.165, 1.54) is 12.1 Å². The van der Waals surface area contributed by atoms with Crippen LogP contribution < -0.4 is 10.6 Å². The van der Waals surface area contributed by atoms with Crippen molar-refractivity contribution < 1.29 is 14.7 Å². The molecule has 0 bridgehead atoms. The fraction of sp³-hybridized carbons (Fsp3) is 0. The molecule has 0 aliphatic rings. The maximum absolute atomic E-state index is 13.1. The maximum Gasteiger partial charge on any atom is 0.335 e. The van der Waals surface area contributed by atoms with Crippen LogP contribution in [0.4, 0.5) is 5.69 Å². The number of amides is 1. The topological polar surface area (TPSA) is 91.3 Å². The Morgan fingerprint density at radius 3 is 2.44 bits per heavy atom. The summed E-state index contributed by atoms with van der Waals surface area (Å²) in [7, 11) is 0. The van der Waals surface area contributed by atoms with E-state index in [9.17, 15) is 9.59 Å². The molecule has 3 N–H and O–H groups in total. The van der Waals surface area contributed by atoms with Crippen molar-refractivity contribution in [2.45, 2.75) is 0 Å². The van der Waals surface area contributed by atoms with Crippen molar-refractivity contribution in [1.29, 1.82) is 0 Å². The second-order valence-corrected chi connectivity index (χ2v) is 7.72. The number of hydrogen-bond acceptors (Lipinski definition) is 4. The summed E-state index contributed by atoms with van der Waals surface area (Å²) >= 11 is 11.3. The van der Waals surface area contributed by atoms with Crippen LogP contribution in [0, 0.1) is 0 Å². The molecule has 1 heterocycles. The van der Waals surface area contributed by atoms with Gasteiger partial charge in [-0.15, -0.1) is 0 Å². The summed E-state index contributed by atoms with van der Waals surface area (Å²) in [5.41, 5.74) is 3.08. The lowest BCUT2D eigenvalue weighted by Crippen LogP contribution is -2.34. The number of pyridine rings is 1. The quantitative estimate of drug-likeness (QED) is 0.353. The van der Waals surface area contributed by atoms with Crippen LogP contribution in [0.3, 0.4) is 0 Å². The molecule has 0 spiro atoms. The van der Waals surface area contributed by atoms with E-state index in [4.69, 9.17) is 28.9 Å². The summed E-state index contributed by atoms with van der Waals surface area (Å²) in [4.78, 5) is 28.9. The minimum Gasteiger partial charge on any atom is -0.478 e. The molecule has 4 rings (SSSR count). The van der Waals surface area contributed by atoms with Gasteiger partial charge in [-0.2, -0.15) is 0 Å². The molecule has 0 atom stereocenters. The van der Waals surface area contributed by atoms with Gasteiger partial charge in [0.1, 0.15) is 0 Å². The number of nitrogens with one attached hydrogen (secondary N) is 2. The molecule has 1 aromatic heterocycles. The van der Waals surface area contributed by atoms with E-state index in [2.05, 4.69) is 15.6 Å². The summed E-state index contributed by atoms with van der Waals surface area (Å²) < 4.78 is 0. The van der Waals surface area contributed by atoms with Gasteiger partial charge in [0.15, 0.2) is 5.11 Å². The van der Waals surface area contributed by atoms with Crippen molar-refractivity contribution in [3.63, 3.8) is 0 Å². The molecular weight excluding hydrogens is 446 g/mol. The molecule has 0 unspecified atom stereocenters. The third-order valence-electron chi connectivity index (χ3n) is 4.70. The van der Waals surface area contributed by atoms with E-state index >= 15 is 0 Å². The van der Waals surface area contributed by atoms with Crippen molar-refractivity contribution in [2.75, 3.05) is 5.32 Å². The Kier molecular flexibility index (Phi) is 6.11. The van der Waals surface area contributed by atoms with E-state index in [0.717, 1.165) is 5.56 Å². The molecule has 0 fully saturated rings. The van der Waals surface area contributed by atoms with Gasteiger partial charge in [0, 0.05) is 21.7 Å². The summed E-state index contributed by atoms with van der Waals surface area (Å²) in [5.74, 6) is -1.47. The Morgan fingerprint density at radius 2 is 1.69 bits per heavy atom. The van der Waals surface area contributed by atoms with E-state index in [-0.39, 0.29) is 10.7 Å². The number of aromatic carboxylic acids is 1. The molecule has 0 radical (unpaired) electrons. The molecule has 8 heteroatoms. The fourth-order valence-corrected chi connectivity index (χ4v) is 3.53. The molecule has 4 aromatic rings. The molecular formula is C24H16ClN3O3S. The van der Waals surface area contributed by atoms with Gasteiger partial charge < -0.3 is 10.4 Å². The fourth-order valence-electron chi connectivity index (χ4n) is 3.19. The molecule has 0 aliphatic carbocycles. The Hall–Kier alpha value is -3.81. The number of carboxylic acid groups (broad SMARTS) is 1. The first-order valence-corrected chi connectivity index (χ1v) is 10.3. The molecule has 0 aliphatic heterocycles. The highest BCUT2D eigenvalue weighted by Gasteiger charge is 2.15. The van der Waals surface area contributed by atoms with Gasteiger partial charge >= 0.3 is 5.97 Å². The van der Waals surface area contributed by atoms with Gasteiger partial charge in [0.2, 0.25) is 0 Å². The normalized spacial score (nSPS) is 10.5. The summed E-state index contributed by atoms with van der Waals surface area (Å²) in [6, 6.07) is 22.4. The number of thiocarbonyl (C=S) groups is 1. The van der Waals surface area contributed by atoms with Crippen LogP contribution in [0.15, 0.2) is 78.9 Å². The predicted octanol–water partition coefficient (Wildman–Crippen LogP) is 5.38. The number of para-hydroxylation sites is 1. The highest BCUT2D eigenvalue weighted by atomic mass is 35.5. The minimum absolute atomic E-state index is 0.0477. The monoisotopic (exact) mass is 461 g/mol. The molecule has 32 heavy (non-hydrogen) atoms. The van der Waals surface area contributed by atoms with Crippen LogP contribution in [0.5, 0.6) is 0 Å². The minimum atomic E-state index is -1.05. The molecule has 158 valence electrons. The molecule has 3 aromatic carbocycles. The summed E-state index contributed by atoms with van der Waals surface area (Å²) in [6.45, 7) is 0. The van der Waals surface area contributed by atoms with E-state index in [0.29, 0.717) is 32.9 Å². The first-order valence-electron chi connectivity index (χ1n) is 9.52. The Bertz CT molecular complexity index is 1360. The number of rotatable bonds is 4. The third-order valence-corrected chi connectivity index (χ3v) is 5.15. The van der Waals surface area contributed by atoms with Gasteiger partial charge in [-0.25, -0.2) is 9.78 Å².